The number of ether oxygens (including phenoxy) is 2. The van der Waals surface area contributed by atoms with E-state index in [-0.39, 0.29) is 31.1 Å². The Morgan fingerprint density at radius 3 is 2.57 bits per heavy atom. The van der Waals surface area contributed by atoms with Crippen molar-refractivity contribution < 1.29 is 19.1 Å². The first-order valence-corrected chi connectivity index (χ1v) is 7.82. The van der Waals surface area contributed by atoms with Crippen LogP contribution in [0.25, 0.3) is 0 Å². The predicted molar refractivity (Wildman–Crippen MR) is 82.5 cm³/mol. The molecule has 0 unspecified atom stereocenters. The maximum absolute atomic E-state index is 12.8. The number of hydrogen-bond donors (Lipinski definition) is 0. The molecule has 0 aromatic heterocycles. The highest BCUT2D eigenvalue weighted by Crippen LogP contribution is 2.37. The van der Waals surface area contributed by atoms with E-state index in [0.29, 0.717) is 17.2 Å². The number of likely N-dealkylation sites (N-methyl/N-ethyl adjacent to an activating group) is 1. The number of nitrogens with zero attached hydrogens (tertiary/aromatic N) is 3. The van der Waals surface area contributed by atoms with Gasteiger partial charge in [0.05, 0.1) is 18.2 Å². The van der Waals surface area contributed by atoms with Gasteiger partial charge in [-0.2, -0.15) is 0 Å². The molecule has 0 bridgehead atoms. The first-order chi connectivity index (χ1) is 11.1. The molecule has 0 N–H and O–H groups in total. The Kier molecular flexibility index (Phi) is 3.46. The minimum atomic E-state index is -0.346. The molecular weight excluding hydrogens is 298 g/mol. The zero-order valence-corrected chi connectivity index (χ0v) is 13.0. The summed E-state index contributed by atoms with van der Waals surface area (Å²) >= 11 is 0. The lowest BCUT2D eigenvalue weighted by Crippen LogP contribution is -2.51. The van der Waals surface area contributed by atoms with Crippen LogP contribution in [0.5, 0.6) is 11.5 Å². The van der Waals surface area contributed by atoms with Crippen LogP contribution in [0.4, 0.5) is 5.69 Å². The highest BCUT2D eigenvalue weighted by molar-refractivity contribution is 6.22. The Labute approximate surface area is 134 Å². The van der Waals surface area contributed by atoms with E-state index in [0.717, 1.165) is 26.2 Å². The van der Waals surface area contributed by atoms with Crippen LogP contribution in [0, 0.1) is 0 Å². The number of rotatable bonds is 2. The number of amides is 2. The van der Waals surface area contributed by atoms with Crippen molar-refractivity contribution in [3.05, 3.63) is 18.2 Å². The third-order valence-corrected chi connectivity index (χ3v) is 4.72. The largest absolute Gasteiger partial charge is 0.454 e. The van der Waals surface area contributed by atoms with Crippen molar-refractivity contribution in [2.45, 2.75) is 12.5 Å². The van der Waals surface area contributed by atoms with E-state index in [9.17, 15) is 9.59 Å². The fraction of sp³-hybridized carbons (Fsp3) is 0.500. The Morgan fingerprint density at radius 1 is 1.04 bits per heavy atom. The lowest BCUT2D eigenvalue weighted by molar-refractivity contribution is -0.123. The lowest BCUT2D eigenvalue weighted by atomic mass is 10.2. The molecule has 122 valence electrons. The maximum atomic E-state index is 12.8. The Balaban J connectivity index is 1.56. The van der Waals surface area contributed by atoms with Crippen LogP contribution < -0.4 is 14.4 Å². The zero-order valence-electron chi connectivity index (χ0n) is 13.0. The van der Waals surface area contributed by atoms with Gasteiger partial charge in [0.2, 0.25) is 12.7 Å². The summed E-state index contributed by atoms with van der Waals surface area (Å²) in [6, 6.07) is 4.82. The van der Waals surface area contributed by atoms with Gasteiger partial charge in [0.1, 0.15) is 0 Å². The number of fused-ring (bicyclic) bond motifs is 1. The lowest BCUT2D eigenvalue weighted by Gasteiger charge is -2.35. The van der Waals surface area contributed by atoms with Crippen molar-refractivity contribution in [3.8, 4) is 11.5 Å². The molecule has 0 spiro atoms. The van der Waals surface area contributed by atoms with E-state index in [2.05, 4.69) is 16.8 Å². The fourth-order valence-electron chi connectivity index (χ4n) is 3.33. The summed E-state index contributed by atoms with van der Waals surface area (Å²) in [5.41, 5.74) is 0.556. The van der Waals surface area contributed by atoms with Crippen LogP contribution >= 0.6 is 0 Å². The monoisotopic (exact) mass is 317 g/mol. The zero-order chi connectivity index (χ0) is 16.0. The molecule has 3 aliphatic rings. The second-order valence-electron chi connectivity index (χ2n) is 6.16. The number of imide groups is 1. The summed E-state index contributed by atoms with van der Waals surface area (Å²) in [5.74, 6) is 0.922. The van der Waals surface area contributed by atoms with Gasteiger partial charge in [-0.1, -0.05) is 0 Å². The second kappa shape index (κ2) is 5.50. The molecule has 3 aliphatic heterocycles. The number of carbonyl (C=O) groups is 2. The molecule has 3 heterocycles. The van der Waals surface area contributed by atoms with Crippen molar-refractivity contribution in [2.75, 3.05) is 44.9 Å². The van der Waals surface area contributed by atoms with Crippen LogP contribution in [0.3, 0.4) is 0 Å². The van der Waals surface area contributed by atoms with Crippen molar-refractivity contribution >= 4 is 17.5 Å². The van der Waals surface area contributed by atoms with Gasteiger partial charge < -0.3 is 14.4 Å². The number of hydrogen-bond acceptors (Lipinski definition) is 6. The quantitative estimate of drug-likeness (QED) is 0.731. The summed E-state index contributed by atoms with van der Waals surface area (Å²) in [6.07, 6.45) is 0.247. The average Bonchev–Trinajstić information content (AvgIpc) is 3.12. The number of carbonyl (C=O) groups excluding carboxylic acids is 2. The first kappa shape index (κ1) is 14.5. The third kappa shape index (κ3) is 2.46. The molecular formula is C16H19N3O4. The molecule has 2 saturated heterocycles. The second-order valence-corrected chi connectivity index (χ2v) is 6.16. The molecule has 1 atom stereocenters. The van der Waals surface area contributed by atoms with Gasteiger partial charge in [0.25, 0.3) is 5.91 Å². The smallest absolute Gasteiger partial charge is 0.251 e. The SMILES string of the molecule is CN1CCN([C@H]2CC(=O)N(c3ccc4c(c3)OCO4)C2=O)CC1. The molecule has 0 saturated carbocycles. The van der Waals surface area contributed by atoms with Gasteiger partial charge in [-0.05, 0) is 19.2 Å². The van der Waals surface area contributed by atoms with E-state index in [1.54, 1.807) is 18.2 Å². The summed E-state index contributed by atoms with van der Waals surface area (Å²) in [6.45, 7) is 3.64. The molecule has 23 heavy (non-hydrogen) atoms. The van der Waals surface area contributed by atoms with Crippen LogP contribution in [-0.2, 0) is 9.59 Å². The summed E-state index contributed by atoms with van der Waals surface area (Å²) in [7, 11) is 2.07. The molecule has 0 radical (unpaired) electrons. The van der Waals surface area contributed by atoms with Crippen LogP contribution in [0.2, 0.25) is 0 Å². The third-order valence-electron chi connectivity index (χ3n) is 4.72. The van der Waals surface area contributed by atoms with Crippen molar-refractivity contribution in [1.29, 1.82) is 0 Å². The van der Waals surface area contributed by atoms with E-state index in [1.165, 1.54) is 4.90 Å². The van der Waals surface area contributed by atoms with Gasteiger partial charge in [0, 0.05) is 32.2 Å². The van der Waals surface area contributed by atoms with Gasteiger partial charge in [0.15, 0.2) is 11.5 Å². The molecule has 1 aromatic carbocycles. The molecule has 2 amide bonds. The van der Waals surface area contributed by atoms with Gasteiger partial charge in [-0.25, -0.2) is 4.90 Å². The number of piperazine rings is 1. The van der Waals surface area contributed by atoms with Crippen LogP contribution in [-0.4, -0.2) is 67.7 Å². The van der Waals surface area contributed by atoms with E-state index >= 15 is 0 Å². The number of benzene rings is 1. The fourth-order valence-corrected chi connectivity index (χ4v) is 3.33. The first-order valence-electron chi connectivity index (χ1n) is 7.82. The molecule has 2 fully saturated rings. The van der Waals surface area contributed by atoms with Crippen LogP contribution in [0.1, 0.15) is 6.42 Å². The summed E-state index contributed by atoms with van der Waals surface area (Å²) in [5, 5.41) is 0. The highest BCUT2D eigenvalue weighted by Gasteiger charge is 2.43. The normalized spacial score (nSPS) is 25.4. The molecule has 4 rings (SSSR count). The predicted octanol–water partition coefficient (Wildman–Crippen LogP) is 0.295. The summed E-state index contributed by atoms with van der Waals surface area (Å²) in [4.78, 5) is 30.8. The molecule has 7 nitrogen and oxygen atoms in total. The van der Waals surface area contributed by atoms with Gasteiger partial charge >= 0.3 is 0 Å². The maximum Gasteiger partial charge on any atom is 0.251 e. The highest BCUT2D eigenvalue weighted by atomic mass is 16.7. The van der Waals surface area contributed by atoms with Crippen molar-refractivity contribution in [3.63, 3.8) is 0 Å². The van der Waals surface area contributed by atoms with Gasteiger partial charge in [-0.15, -0.1) is 0 Å². The molecule has 7 heteroatoms. The molecule has 1 aromatic rings. The Hall–Kier alpha value is -2.12. The topological polar surface area (TPSA) is 62.3 Å². The summed E-state index contributed by atoms with van der Waals surface area (Å²) < 4.78 is 10.6. The van der Waals surface area contributed by atoms with Crippen molar-refractivity contribution in [1.82, 2.24) is 9.80 Å². The Bertz CT molecular complexity index is 655. The minimum absolute atomic E-state index is 0.140. The van der Waals surface area contributed by atoms with E-state index < -0.39 is 0 Å². The number of anilines is 1. The average molecular weight is 317 g/mol. The van der Waals surface area contributed by atoms with Gasteiger partial charge in [-0.3, -0.25) is 14.5 Å². The van der Waals surface area contributed by atoms with Crippen molar-refractivity contribution in [2.24, 2.45) is 0 Å². The molecule has 0 aliphatic carbocycles. The van der Waals surface area contributed by atoms with Crippen LogP contribution in [0.15, 0.2) is 18.2 Å². The minimum Gasteiger partial charge on any atom is -0.454 e. The Morgan fingerprint density at radius 2 is 1.78 bits per heavy atom. The standard InChI is InChI=1S/C16H19N3O4/c1-17-4-6-18(7-5-17)12-9-15(20)19(16(12)21)11-2-3-13-14(8-11)23-10-22-13/h2-3,8,12H,4-7,9-10H2,1H3/t12-/m0/s1. The van der Waals surface area contributed by atoms with E-state index in [4.69, 9.17) is 9.47 Å². The van der Waals surface area contributed by atoms with E-state index in [1.807, 2.05) is 0 Å².